The number of nitrogens with one attached hydrogen (secondary N) is 3. The van der Waals surface area contributed by atoms with Crippen LogP contribution in [-0.4, -0.2) is 41.3 Å². The van der Waals surface area contributed by atoms with Gasteiger partial charge in [-0.2, -0.15) is 4.98 Å². The molecular weight excluding hydrogens is 423 g/mol. The van der Waals surface area contributed by atoms with Crippen molar-refractivity contribution in [2.45, 2.75) is 70.0 Å². The van der Waals surface area contributed by atoms with Gasteiger partial charge in [-0.25, -0.2) is 9.37 Å². The zero-order chi connectivity index (χ0) is 22.5. The zero-order valence-corrected chi connectivity index (χ0v) is 19.8. The lowest BCUT2D eigenvalue weighted by Gasteiger charge is -2.31. The molecule has 8 heteroatoms. The van der Waals surface area contributed by atoms with E-state index in [0.29, 0.717) is 23.7 Å². The Kier molecular flexibility index (Phi) is 7.40. The lowest BCUT2D eigenvalue weighted by atomic mass is 9.91. The van der Waals surface area contributed by atoms with Gasteiger partial charge < -0.3 is 20.9 Å². The highest BCUT2D eigenvalue weighted by Crippen LogP contribution is 2.29. The van der Waals surface area contributed by atoms with E-state index in [1.54, 1.807) is 12.1 Å². The van der Waals surface area contributed by atoms with Crippen molar-refractivity contribution in [3.63, 3.8) is 0 Å². The number of fused-ring (bicyclic) bond motifs is 1. The molecule has 0 radical (unpaired) electrons. The molecule has 0 unspecified atom stereocenters. The number of aryl methyl sites for hydroxylation is 1. The number of benzene rings is 1. The molecule has 6 nitrogen and oxygen atoms in total. The molecule has 3 N–H and O–H groups in total. The van der Waals surface area contributed by atoms with Crippen LogP contribution in [0.1, 0.15) is 55.3 Å². The van der Waals surface area contributed by atoms with E-state index < -0.39 is 0 Å². The number of thiocarbonyl (C=S) groups is 1. The van der Waals surface area contributed by atoms with Gasteiger partial charge in [0, 0.05) is 38.3 Å². The smallest absolute Gasteiger partial charge is 0.225 e. The highest BCUT2D eigenvalue weighted by molar-refractivity contribution is 7.80. The van der Waals surface area contributed by atoms with Gasteiger partial charge in [0.2, 0.25) is 5.95 Å². The largest absolute Gasteiger partial charge is 0.362 e. The standard InChI is InChI=1S/C24H33FN6S/c1-31(2)22-20-5-3-4-6-21(20)29-23(30-22)27-18-11-13-19(14-12-18)28-24(32)26-15-16-7-9-17(25)10-8-16/h7-10,18-19H,3-6,11-15H2,1-2H3,(H2,26,28,32)(H,27,29,30)/t18-,19+. The topological polar surface area (TPSA) is 65.1 Å². The Morgan fingerprint density at radius 3 is 2.44 bits per heavy atom. The molecule has 172 valence electrons. The van der Waals surface area contributed by atoms with Crippen LogP contribution < -0.4 is 20.9 Å². The van der Waals surface area contributed by atoms with E-state index in [-0.39, 0.29) is 5.82 Å². The average molecular weight is 457 g/mol. The fourth-order valence-corrected chi connectivity index (χ4v) is 4.83. The summed E-state index contributed by atoms with van der Waals surface area (Å²) >= 11 is 5.45. The van der Waals surface area contributed by atoms with Crippen molar-refractivity contribution in [1.29, 1.82) is 0 Å². The lowest BCUT2D eigenvalue weighted by molar-refractivity contribution is 0.385. The van der Waals surface area contributed by atoms with E-state index in [1.807, 2.05) is 0 Å². The van der Waals surface area contributed by atoms with Crippen molar-refractivity contribution in [3.05, 3.63) is 46.9 Å². The summed E-state index contributed by atoms with van der Waals surface area (Å²) in [6.45, 7) is 0.590. The van der Waals surface area contributed by atoms with E-state index in [0.717, 1.165) is 55.9 Å². The van der Waals surface area contributed by atoms with Crippen molar-refractivity contribution in [2.75, 3.05) is 24.3 Å². The molecule has 2 aliphatic carbocycles. The molecule has 0 atom stereocenters. The Morgan fingerprint density at radius 1 is 1.03 bits per heavy atom. The number of nitrogens with zero attached hydrogens (tertiary/aromatic N) is 3. The highest BCUT2D eigenvalue weighted by Gasteiger charge is 2.24. The van der Waals surface area contributed by atoms with Crippen LogP contribution in [0.25, 0.3) is 0 Å². The van der Waals surface area contributed by atoms with Crippen LogP contribution in [0.3, 0.4) is 0 Å². The van der Waals surface area contributed by atoms with Crippen molar-refractivity contribution in [2.24, 2.45) is 0 Å². The van der Waals surface area contributed by atoms with E-state index in [4.69, 9.17) is 22.2 Å². The third kappa shape index (κ3) is 5.85. The lowest BCUT2D eigenvalue weighted by Crippen LogP contribution is -2.44. The maximum Gasteiger partial charge on any atom is 0.225 e. The molecule has 32 heavy (non-hydrogen) atoms. The molecule has 0 spiro atoms. The second-order valence-corrected chi connectivity index (χ2v) is 9.45. The summed E-state index contributed by atoms with van der Waals surface area (Å²) in [5, 5.41) is 10.9. The Balaban J connectivity index is 1.25. The monoisotopic (exact) mass is 456 g/mol. The van der Waals surface area contributed by atoms with Gasteiger partial charge in [-0.3, -0.25) is 0 Å². The van der Waals surface area contributed by atoms with Gasteiger partial charge in [0.05, 0.1) is 5.69 Å². The summed E-state index contributed by atoms with van der Waals surface area (Å²) in [6, 6.07) is 7.22. The van der Waals surface area contributed by atoms with Crippen LogP contribution in [0, 0.1) is 5.82 Å². The summed E-state index contributed by atoms with van der Waals surface area (Å²) in [6.07, 6.45) is 8.75. The highest BCUT2D eigenvalue weighted by atomic mass is 32.1. The van der Waals surface area contributed by atoms with Gasteiger partial charge in [-0.15, -0.1) is 0 Å². The molecule has 1 aromatic carbocycles. The van der Waals surface area contributed by atoms with Gasteiger partial charge in [0.25, 0.3) is 0 Å². The maximum atomic E-state index is 13.0. The second-order valence-electron chi connectivity index (χ2n) is 9.04. The molecule has 0 saturated heterocycles. The minimum atomic E-state index is -0.224. The van der Waals surface area contributed by atoms with Crippen LogP contribution in [0.4, 0.5) is 16.2 Å². The Labute approximate surface area is 195 Å². The summed E-state index contributed by atoms with van der Waals surface area (Å²) in [5.41, 5.74) is 3.54. The number of halogens is 1. The third-order valence-corrected chi connectivity index (χ3v) is 6.61. The number of hydrogen-bond donors (Lipinski definition) is 3. The SMILES string of the molecule is CN(C)c1nc(N[C@H]2CC[C@@H](NC(=S)NCc3ccc(F)cc3)CC2)nc2c1CCCC2. The van der Waals surface area contributed by atoms with E-state index in [1.165, 1.54) is 36.2 Å². The van der Waals surface area contributed by atoms with Crippen molar-refractivity contribution in [3.8, 4) is 0 Å². The molecular formula is C24H33FN6S. The number of aromatic nitrogens is 2. The maximum absolute atomic E-state index is 13.0. The molecule has 2 aliphatic rings. The van der Waals surface area contributed by atoms with Crippen LogP contribution in [0.15, 0.2) is 24.3 Å². The summed E-state index contributed by atoms with van der Waals surface area (Å²) in [5.74, 6) is 1.60. The predicted molar refractivity (Wildman–Crippen MR) is 132 cm³/mol. The molecule has 1 saturated carbocycles. The van der Waals surface area contributed by atoms with E-state index >= 15 is 0 Å². The normalized spacial score (nSPS) is 20.2. The quantitative estimate of drug-likeness (QED) is 0.569. The first-order chi connectivity index (χ1) is 15.5. The van der Waals surface area contributed by atoms with Gasteiger partial charge in [-0.1, -0.05) is 12.1 Å². The molecule has 1 aromatic heterocycles. The summed E-state index contributed by atoms with van der Waals surface area (Å²) < 4.78 is 13.0. The third-order valence-electron chi connectivity index (χ3n) is 6.35. The van der Waals surface area contributed by atoms with Crippen LogP contribution in [0.2, 0.25) is 0 Å². The fraction of sp³-hybridized carbons (Fsp3) is 0.542. The number of anilines is 2. The molecule has 1 heterocycles. The summed E-state index contributed by atoms with van der Waals surface area (Å²) in [4.78, 5) is 11.8. The Hall–Kier alpha value is -2.48. The number of hydrogen-bond acceptors (Lipinski definition) is 5. The Bertz CT molecular complexity index is 925. The van der Waals surface area contributed by atoms with E-state index in [2.05, 4.69) is 34.9 Å². The first-order valence-electron chi connectivity index (χ1n) is 11.6. The van der Waals surface area contributed by atoms with Crippen LogP contribution >= 0.6 is 12.2 Å². The molecule has 0 bridgehead atoms. The molecule has 4 rings (SSSR count). The van der Waals surface area contributed by atoms with Gasteiger partial charge >= 0.3 is 0 Å². The zero-order valence-electron chi connectivity index (χ0n) is 19.0. The number of rotatable bonds is 6. The molecule has 1 fully saturated rings. The summed E-state index contributed by atoms with van der Waals surface area (Å²) in [7, 11) is 4.12. The Morgan fingerprint density at radius 2 is 1.72 bits per heavy atom. The fourth-order valence-electron chi connectivity index (χ4n) is 4.59. The first kappa shape index (κ1) is 22.7. The minimum Gasteiger partial charge on any atom is -0.362 e. The molecule has 2 aromatic rings. The first-order valence-corrected chi connectivity index (χ1v) is 12.0. The van der Waals surface area contributed by atoms with Crippen molar-refractivity contribution >= 4 is 29.1 Å². The van der Waals surface area contributed by atoms with Crippen molar-refractivity contribution in [1.82, 2.24) is 20.6 Å². The minimum absolute atomic E-state index is 0.224. The molecule has 0 aliphatic heterocycles. The average Bonchev–Trinajstić information content (AvgIpc) is 2.79. The van der Waals surface area contributed by atoms with E-state index in [9.17, 15) is 4.39 Å². The molecule has 0 amide bonds. The van der Waals surface area contributed by atoms with Gasteiger partial charge in [-0.05, 0) is 81.3 Å². The predicted octanol–water partition coefficient (Wildman–Crippen LogP) is 3.95. The van der Waals surface area contributed by atoms with Crippen LogP contribution in [-0.2, 0) is 19.4 Å². The second kappa shape index (κ2) is 10.4. The van der Waals surface area contributed by atoms with Crippen molar-refractivity contribution < 1.29 is 4.39 Å². The van der Waals surface area contributed by atoms with Gasteiger partial charge in [0.1, 0.15) is 11.6 Å². The van der Waals surface area contributed by atoms with Gasteiger partial charge in [0.15, 0.2) is 5.11 Å². The van der Waals surface area contributed by atoms with Crippen LogP contribution in [0.5, 0.6) is 0 Å².